The van der Waals surface area contributed by atoms with Gasteiger partial charge in [-0.15, -0.1) is 0 Å². The van der Waals surface area contributed by atoms with E-state index in [4.69, 9.17) is 16.6 Å². The first-order valence-electron chi connectivity index (χ1n) is 8.87. The third kappa shape index (κ3) is 4.73. The molecule has 4 heteroatoms. The molecule has 0 aliphatic rings. The fourth-order valence-electron chi connectivity index (χ4n) is 2.85. The molecule has 0 radical (unpaired) electrons. The van der Waals surface area contributed by atoms with Gasteiger partial charge < -0.3 is 14.6 Å². The lowest BCUT2D eigenvalue weighted by Gasteiger charge is -2.26. The zero-order chi connectivity index (χ0) is 18.4. The Morgan fingerprint density at radius 1 is 1.00 bits per heavy atom. The topological polar surface area (TPSA) is 28.4 Å². The summed E-state index contributed by atoms with van der Waals surface area (Å²) in [5.41, 5.74) is 4.79. The summed E-state index contributed by atoms with van der Waals surface area (Å²) >= 11 is 5.74. The van der Waals surface area contributed by atoms with Crippen LogP contribution in [0.25, 0.3) is 0 Å². The summed E-state index contributed by atoms with van der Waals surface area (Å²) in [7, 11) is 0. The molecule has 134 valence electrons. The Morgan fingerprint density at radius 3 is 2.46 bits per heavy atom. The van der Waals surface area contributed by atoms with E-state index in [9.17, 15) is 0 Å². The molecule has 0 fully saturated rings. The molecule has 1 N–H and O–H groups in total. The van der Waals surface area contributed by atoms with E-state index < -0.39 is 0 Å². The van der Waals surface area contributed by atoms with E-state index in [1.54, 1.807) is 6.26 Å². The second-order valence-electron chi connectivity index (χ2n) is 6.36. The number of thiocarbonyl (C=S) groups is 1. The van der Waals surface area contributed by atoms with Crippen molar-refractivity contribution in [1.82, 2.24) is 4.90 Å². The van der Waals surface area contributed by atoms with Crippen molar-refractivity contribution in [2.75, 3.05) is 5.32 Å². The highest BCUT2D eigenvalue weighted by molar-refractivity contribution is 7.80. The van der Waals surface area contributed by atoms with E-state index in [2.05, 4.69) is 66.5 Å². The Morgan fingerprint density at radius 2 is 1.77 bits per heavy atom. The summed E-state index contributed by atoms with van der Waals surface area (Å²) in [4.78, 5) is 2.13. The molecule has 0 atom stereocenters. The van der Waals surface area contributed by atoms with Crippen LogP contribution in [-0.2, 0) is 19.5 Å². The van der Waals surface area contributed by atoms with Gasteiger partial charge >= 0.3 is 0 Å². The molecule has 0 saturated carbocycles. The van der Waals surface area contributed by atoms with Crippen LogP contribution in [0.3, 0.4) is 0 Å². The average Bonchev–Trinajstić information content (AvgIpc) is 3.16. The molecule has 3 nitrogen and oxygen atoms in total. The van der Waals surface area contributed by atoms with Crippen molar-refractivity contribution < 1.29 is 4.42 Å². The van der Waals surface area contributed by atoms with Crippen molar-refractivity contribution in [3.05, 3.63) is 89.4 Å². The Kier molecular flexibility index (Phi) is 6.08. The number of para-hydroxylation sites is 1. The summed E-state index contributed by atoms with van der Waals surface area (Å²) in [6, 6.07) is 20.7. The number of hydrogen-bond donors (Lipinski definition) is 1. The molecule has 1 heterocycles. The second kappa shape index (κ2) is 8.68. The molecule has 0 aliphatic carbocycles. The van der Waals surface area contributed by atoms with Gasteiger partial charge in [-0.3, -0.25) is 0 Å². The van der Waals surface area contributed by atoms with Gasteiger partial charge in [0.1, 0.15) is 5.76 Å². The summed E-state index contributed by atoms with van der Waals surface area (Å²) in [6.45, 7) is 5.59. The second-order valence-corrected chi connectivity index (χ2v) is 6.75. The largest absolute Gasteiger partial charge is 0.467 e. The Balaban J connectivity index is 1.79. The van der Waals surface area contributed by atoms with Crippen LogP contribution in [-0.4, -0.2) is 10.0 Å². The predicted molar refractivity (Wildman–Crippen MR) is 111 cm³/mol. The number of rotatable bonds is 6. The summed E-state index contributed by atoms with van der Waals surface area (Å²) < 4.78 is 5.54. The van der Waals surface area contributed by atoms with Crippen LogP contribution in [0.1, 0.15) is 29.4 Å². The molecule has 0 amide bonds. The standard InChI is InChI=1S/C22H24N2OS/c1-3-19-7-4-5-9-21(19)23-22(26)24(16-20-8-6-14-25-20)15-18-12-10-17(2)11-13-18/h4-14H,3,15-16H2,1-2H3,(H,23,26). The van der Waals surface area contributed by atoms with E-state index in [0.29, 0.717) is 11.7 Å². The molecule has 0 aliphatic heterocycles. The average molecular weight is 365 g/mol. The van der Waals surface area contributed by atoms with Gasteiger partial charge in [-0.05, 0) is 54.9 Å². The van der Waals surface area contributed by atoms with E-state index >= 15 is 0 Å². The summed E-state index contributed by atoms with van der Waals surface area (Å²) in [5, 5.41) is 4.12. The number of nitrogens with zero attached hydrogens (tertiary/aromatic N) is 1. The van der Waals surface area contributed by atoms with Crippen molar-refractivity contribution >= 4 is 23.0 Å². The van der Waals surface area contributed by atoms with Gasteiger partial charge in [-0.2, -0.15) is 0 Å². The molecule has 2 aromatic carbocycles. The fourth-order valence-corrected chi connectivity index (χ4v) is 3.09. The smallest absolute Gasteiger partial charge is 0.174 e. The Labute approximate surface area is 160 Å². The maximum atomic E-state index is 5.74. The fraction of sp³-hybridized carbons (Fsp3) is 0.227. The normalized spacial score (nSPS) is 10.5. The minimum Gasteiger partial charge on any atom is -0.467 e. The van der Waals surface area contributed by atoms with Crippen LogP contribution in [0.2, 0.25) is 0 Å². The van der Waals surface area contributed by atoms with Crippen LogP contribution >= 0.6 is 12.2 Å². The Bertz CT molecular complexity index is 841. The molecule has 0 bridgehead atoms. The monoisotopic (exact) mass is 364 g/mol. The number of benzene rings is 2. The van der Waals surface area contributed by atoms with E-state index in [-0.39, 0.29) is 0 Å². The van der Waals surface area contributed by atoms with E-state index in [1.165, 1.54) is 16.7 Å². The number of furan rings is 1. The van der Waals surface area contributed by atoms with Crippen LogP contribution in [0.4, 0.5) is 5.69 Å². The molecule has 0 unspecified atom stereocenters. The zero-order valence-corrected chi connectivity index (χ0v) is 16.1. The van der Waals surface area contributed by atoms with Gasteiger partial charge in [0.25, 0.3) is 0 Å². The number of hydrogen-bond acceptors (Lipinski definition) is 2. The van der Waals surface area contributed by atoms with E-state index in [0.717, 1.165) is 24.4 Å². The van der Waals surface area contributed by atoms with Crippen molar-refractivity contribution in [2.24, 2.45) is 0 Å². The quantitative estimate of drug-likeness (QED) is 0.581. The molecule has 0 spiro atoms. The maximum Gasteiger partial charge on any atom is 0.174 e. The lowest BCUT2D eigenvalue weighted by atomic mass is 10.1. The third-order valence-corrected chi connectivity index (χ3v) is 4.71. The van der Waals surface area contributed by atoms with Crippen LogP contribution in [0.5, 0.6) is 0 Å². The van der Waals surface area contributed by atoms with Gasteiger partial charge in [0.05, 0.1) is 12.8 Å². The molecule has 1 aromatic heterocycles. The predicted octanol–water partition coefficient (Wildman–Crippen LogP) is 5.55. The minimum atomic E-state index is 0.626. The van der Waals surface area contributed by atoms with Crippen molar-refractivity contribution in [3.8, 4) is 0 Å². The van der Waals surface area contributed by atoms with Crippen LogP contribution in [0, 0.1) is 6.92 Å². The van der Waals surface area contributed by atoms with Crippen LogP contribution < -0.4 is 5.32 Å². The highest BCUT2D eigenvalue weighted by atomic mass is 32.1. The molecular weight excluding hydrogens is 340 g/mol. The third-order valence-electron chi connectivity index (χ3n) is 4.35. The SMILES string of the molecule is CCc1ccccc1NC(=S)N(Cc1ccc(C)cc1)Cc1ccco1. The molecule has 3 aromatic rings. The number of anilines is 1. The van der Waals surface area contributed by atoms with Gasteiger partial charge in [-0.25, -0.2) is 0 Å². The Hall–Kier alpha value is -2.59. The summed E-state index contributed by atoms with van der Waals surface area (Å²) in [5.74, 6) is 0.894. The first kappa shape index (κ1) is 18.2. The molecule has 26 heavy (non-hydrogen) atoms. The highest BCUT2D eigenvalue weighted by Gasteiger charge is 2.14. The summed E-state index contributed by atoms with van der Waals surface area (Å²) in [6.07, 6.45) is 2.66. The molecular formula is C22H24N2OS. The van der Waals surface area contributed by atoms with E-state index in [1.807, 2.05) is 18.2 Å². The van der Waals surface area contributed by atoms with Gasteiger partial charge in [0.15, 0.2) is 5.11 Å². The zero-order valence-electron chi connectivity index (χ0n) is 15.2. The van der Waals surface area contributed by atoms with Crippen molar-refractivity contribution in [1.29, 1.82) is 0 Å². The molecule has 0 saturated heterocycles. The first-order valence-corrected chi connectivity index (χ1v) is 9.28. The number of nitrogens with one attached hydrogen (secondary N) is 1. The lowest BCUT2D eigenvalue weighted by molar-refractivity contribution is 0.360. The molecule has 3 rings (SSSR count). The van der Waals surface area contributed by atoms with Crippen molar-refractivity contribution in [3.63, 3.8) is 0 Å². The van der Waals surface area contributed by atoms with Crippen LogP contribution in [0.15, 0.2) is 71.3 Å². The first-order chi connectivity index (χ1) is 12.7. The minimum absolute atomic E-state index is 0.626. The van der Waals surface area contributed by atoms with Gasteiger partial charge in [0, 0.05) is 12.2 Å². The number of aryl methyl sites for hydroxylation is 2. The van der Waals surface area contributed by atoms with Gasteiger partial charge in [-0.1, -0.05) is 55.0 Å². The highest BCUT2D eigenvalue weighted by Crippen LogP contribution is 2.18. The van der Waals surface area contributed by atoms with Gasteiger partial charge in [0.2, 0.25) is 0 Å². The van der Waals surface area contributed by atoms with Crippen molar-refractivity contribution in [2.45, 2.75) is 33.4 Å². The maximum absolute atomic E-state index is 5.74. The lowest BCUT2D eigenvalue weighted by Crippen LogP contribution is -2.34.